The summed E-state index contributed by atoms with van der Waals surface area (Å²) in [5, 5.41) is -0.449. The maximum absolute atomic E-state index is 12.4. The predicted molar refractivity (Wildman–Crippen MR) is 121 cm³/mol. The molecule has 33 heavy (non-hydrogen) atoms. The van der Waals surface area contributed by atoms with Gasteiger partial charge in [0.15, 0.2) is 9.84 Å². The molecular weight excluding hydrogens is 466 g/mol. The number of piperidine rings is 1. The molecule has 11 heteroatoms. The van der Waals surface area contributed by atoms with Crippen molar-refractivity contribution in [1.82, 2.24) is 14.3 Å². The van der Waals surface area contributed by atoms with Gasteiger partial charge in [-0.2, -0.15) is 0 Å². The number of hydrogen-bond donors (Lipinski definition) is 0. The molecular formula is C22H27N3O6S2. The maximum Gasteiger partial charge on any atom is 0.229 e. The van der Waals surface area contributed by atoms with Crippen molar-refractivity contribution in [2.75, 3.05) is 13.1 Å². The Hall–Kier alpha value is -2.24. The molecule has 0 radical (unpaired) electrons. The molecule has 0 amide bonds. The summed E-state index contributed by atoms with van der Waals surface area (Å²) in [7, 11) is -6.40. The van der Waals surface area contributed by atoms with E-state index in [1.165, 1.54) is 6.33 Å². The second-order valence-electron chi connectivity index (χ2n) is 8.89. The minimum atomic E-state index is -3.24. The molecule has 3 aliphatic rings. The Labute approximate surface area is 194 Å². The summed E-state index contributed by atoms with van der Waals surface area (Å²) < 4.78 is 63.0. The van der Waals surface area contributed by atoms with Crippen LogP contribution >= 0.6 is 0 Å². The van der Waals surface area contributed by atoms with Gasteiger partial charge in [0.05, 0.1) is 21.0 Å². The van der Waals surface area contributed by atoms with Gasteiger partial charge in [-0.15, -0.1) is 0 Å². The molecule has 2 heterocycles. The topological polar surface area (TPSA) is 116 Å². The van der Waals surface area contributed by atoms with Crippen molar-refractivity contribution in [2.45, 2.75) is 66.9 Å². The highest BCUT2D eigenvalue weighted by molar-refractivity contribution is 7.92. The molecule has 1 aliphatic heterocycles. The van der Waals surface area contributed by atoms with Crippen LogP contribution in [0.1, 0.15) is 44.1 Å². The minimum absolute atomic E-state index is 0.135. The fourth-order valence-electron chi connectivity index (χ4n) is 3.96. The SMILES string of the molecule is Cc1c(Oc2ccc(S(=O)(=O)C3CC3)cc2)ncnc1OC1CCN(S(=O)(=O)C2CC2)CC1. The van der Waals surface area contributed by atoms with E-state index >= 15 is 0 Å². The highest BCUT2D eigenvalue weighted by Crippen LogP contribution is 2.35. The highest BCUT2D eigenvalue weighted by atomic mass is 32.2. The van der Waals surface area contributed by atoms with Crippen LogP contribution in [-0.2, 0) is 19.9 Å². The van der Waals surface area contributed by atoms with Gasteiger partial charge < -0.3 is 9.47 Å². The molecule has 2 aliphatic carbocycles. The zero-order valence-electron chi connectivity index (χ0n) is 18.4. The number of nitrogens with zero attached hydrogens (tertiary/aromatic N) is 3. The van der Waals surface area contributed by atoms with Crippen molar-refractivity contribution in [1.29, 1.82) is 0 Å². The van der Waals surface area contributed by atoms with Crippen LogP contribution in [-0.4, -0.2) is 60.8 Å². The van der Waals surface area contributed by atoms with Crippen molar-refractivity contribution < 1.29 is 26.3 Å². The van der Waals surface area contributed by atoms with Gasteiger partial charge in [0.1, 0.15) is 18.2 Å². The molecule has 9 nitrogen and oxygen atoms in total. The van der Waals surface area contributed by atoms with Gasteiger partial charge >= 0.3 is 0 Å². The first-order chi connectivity index (χ1) is 15.7. The number of hydrogen-bond acceptors (Lipinski definition) is 8. The molecule has 1 aromatic heterocycles. The molecule has 3 fully saturated rings. The summed E-state index contributed by atoms with van der Waals surface area (Å²) in [4.78, 5) is 8.72. The van der Waals surface area contributed by atoms with E-state index in [2.05, 4.69) is 9.97 Å². The van der Waals surface area contributed by atoms with E-state index in [9.17, 15) is 16.8 Å². The lowest BCUT2D eigenvalue weighted by molar-refractivity contribution is 0.128. The average Bonchev–Trinajstić information content (AvgIpc) is 3.69. The zero-order valence-corrected chi connectivity index (χ0v) is 20.0. The fourth-order valence-corrected chi connectivity index (χ4v) is 7.49. The average molecular weight is 494 g/mol. The molecule has 1 aromatic carbocycles. The third kappa shape index (κ3) is 4.71. The Morgan fingerprint density at radius 3 is 2.06 bits per heavy atom. The van der Waals surface area contributed by atoms with Crippen LogP contribution in [0.2, 0.25) is 0 Å². The largest absolute Gasteiger partial charge is 0.474 e. The number of benzene rings is 1. The van der Waals surface area contributed by atoms with Gasteiger partial charge in [-0.25, -0.2) is 31.1 Å². The Kier molecular flexibility index (Phi) is 5.82. The predicted octanol–water partition coefficient (Wildman–Crippen LogP) is 2.85. The minimum Gasteiger partial charge on any atom is -0.474 e. The summed E-state index contributed by atoms with van der Waals surface area (Å²) in [5.41, 5.74) is 0.625. The standard InChI is InChI=1S/C22H27N3O6S2/c1-15-21(30-16-2-4-18(5-3-16)32(26,27)19-6-7-19)23-14-24-22(15)31-17-10-12-25(13-11-17)33(28,29)20-8-9-20/h2-5,14,17,19-20H,6-13H2,1H3. The van der Waals surface area contributed by atoms with Crippen LogP contribution in [0.15, 0.2) is 35.5 Å². The van der Waals surface area contributed by atoms with E-state index in [0.717, 1.165) is 25.7 Å². The number of sulfonamides is 1. The maximum atomic E-state index is 12.4. The molecule has 0 bridgehead atoms. The Balaban J connectivity index is 1.22. The quantitative estimate of drug-likeness (QED) is 0.551. The Bertz CT molecular complexity index is 1230. The van der Waals surface area contributed by atoms with E-state index in [1.807, 2.05) is 0 Å². The summed E-state index contributed by atoms with van der Waals surface area (Å²) >= 11 is 0. The summed E-state index contributed by atoms with van der Waals surface area (Å²) in [6.45, 7) is 2.70. The molecule has 2 saturated carbocycles. The van der Waals surface area contributed by atoms with Gasteiger partial charge in [0.2, 0.25) is 21.8 Å². The lowest BCUT2D eigenvalue weighted by Gasteiger charge is -2.31. The number of sulfone groups is 1. The second-order valence-corrected chi connectivity index (χ2v) is 13.3. The first-order valence-electron chi connectivity index (χ1n) is 11.2. The van der Waals surface area contributed by atoms with Crippen LogP contribution < -0.4 is 9.47 Å². The van der Waals surface area contributed by atoms with E-state index in [1.54, 1.807) is 35.5 Å². The van der Waals surface area contributed by atoms with Gasteiger partial charge in [0.25, 0.3) is 0 Å². The first-order valence-corrected chi connectivity index (χ1v) is 14.3. The summed E-state index contributed by atoms with van der Waals surface area (Å²) in [6.07, 6.45) is 5.39. The van der Waals surface area contributed by atoms with Crippen LogP contribution in [0.3, 0.4) is 0 Å². The molecule has 0 atom stereocenters. The fraction of sp³-hybridized carbons (Fsp3) is 0.545. The van der Waals surface area contributed by atoms with Gasteiger partial charge in [0, 0.05) is 13.1 Å². The van der Waals surface area contributed by atoms with Crippen LogP contribution in [0.25, 0.3) is 0 Å². The molecule has 5 rings (SSSR count). The highest BCUT2D eigenvalue weighted by Gasteiger charge is 2.41. The molecule has 0 N–H and O–H groups in total. The smallest absolute Gasteiger partial charge is 0.229 e. The molecule has 178 valence electrons. The molecule has 0 unspecified atom stereocenters. The van der Waals surface area contributed by atoms with Crippen LogP contribution in [0, 0.1) is 6.92 Å². The van der Waals surface area contributed by atoms with E-state index in [-0.39, 0.29) is 16.6 Å². The van der Waals surface area contributed by atoms with Crippen molar-refractivity contribution >= 4 is 19.9 Å². The normalized spacial score (nSPS) is 20.5. The number of ether oxygens (including phenoxy) is 2. The molecule has 2 aromatic rings. The summed E-state index contributed by atoms with van der Waals surface area (Å²) in [6, 6.07) is 6.35. The van der Waals surface area contributed by atoms with Gasteiger partial charge in [-0.05, 0) is 69.7 Å². The van der Waals surface area contributed by atoms with E-state index < -0.39 is 19.9 Å². The molecule has 0 spiro atoms. The molecule has 1 saturated heterocycles. The van der Waals surface area contributed by atoms with E-state index in [4.69, 9.17) is 9.47 Å². The number of aromatic nitrogens is 2. The van der Waals surface area contributed by atoms with Crippen molar-refractivity contribution in [2.24, 2.45) is 0 Å². The lowest BCUT2D eigenvalue weighted by Crippen LogP contribution is -2.43. The Morgan fingerprint density at radius 2 is 1.45 bits per heavy atom. The summed E-state index contributed by atoms with van der Waals surface area (Å²) in [5.74, 6) is 1.19. The van der Waals surface area contributed by atoms with E-state index in [0.29, 0.717) is 53.9 Å². The van der Waals surface area contributed by atoms with Crippen LogP contribution in [0.5, 0.6) is 17.5 Å². The zero-order chi connectivity index (χ0) is 23.2. The van der Waals surface area contributed by atoms with Crippen LogP contribution in [0.4, 0.5) is 0 Å². The first kappa shape index (κ1) is 22.5. The van der Waals surface area contributed by atoms with Gasteiger partial charge in [-0.1, -0.05) is 0 Å². The third-order valence-electron chi connectivity index (χ3n) is 6.31. The second kappa shape index (κ2) is 8.52. The van der Waals surface area contributed by atoms with Crippen molar-refractivity contribution in [3.63, 3.8) is 0 Å². The monoisotopic (exact) mass is 493 g/mol. The lowest BCUT2D eigenvalue weighted by atomic mass is 10.1. The van der Waals surface area contributed by atoms with Gasteiger partial charge in [-0.3, -0.25) is 0 Å². The Morgan fingerprint density at radius 1 is 0.848 bits per heavy atom. The number of rotatable bonds is 8. The van der Waals surface area contributed by atoms with Crippen molar-refractivity contribution in [3.8, 4) is 17.5 Å². The third-order valence-corrected chi connectivity index (χ3v) is 11.0. The van der Waals surface area contributed by atoms with Crippen molar-refractivity contribution in [3.05, 3.63) is 36.2 Å².